The fourth-order valence-electron chi connectivity index (χ4n) is 7.86. The SMILES string of the molecule is Cc1cc2c3c(c1)c(=O)c(C(=O)NC14CC5CC(CC(C5)C1)C4)cn3C(c1ccccc1)CO2. The standard InChI is InChI=1S/C29H30N2O3/c1-17-7-22-26-25(8-17)34-16-24(21-5-3-2-4-6-21)31(26)15-23(27(22)32)28(33)30-29-12-18-9-19(13-29)11-20(10-18)14-29/h2-8,15,18-20,24H,9-14,16H2,1H3,(H,30,33). The fraction of sp³-hybridized carbons (Fsp3) is 0.448. The lowest BCUT2D eigenvalue weighted by Crippen LogP contribution is -2.60. The molecule has 5 heteroatoms. The molecule has 1 atom stereocenters. The quantitative estimate of drug-likeness (QED) is 0.607. The molecule has 2 heterocycles. The van der Waals surface area contributed by atoms with E-state index in [0.717, 1.165) is 53.7 Å². The average Bonchev–Trinajstić information content (AvgIpc) is 2.80. The number of carbonyl (C=O) groups is 1. The Morgan fingerprint density at radius 3 is 2.38 bits per heavy atom. The number of ether oxygens (including phenoxy) is 1. The number of nitrogens with one attached hydrogen (secondary N) is 1. The van der Waals surface area contributed by atoms with E-state index < -0.39 is 0 Å². The van der Waals surface area contributed by atoms with Crippen LogP contribution in [0.3, 0.4) is 0 Å². The van der Waals surface area contributed by atoms with Gasteiger partial charge in [0, 0.05) is 11.7 Å². The second-order valence-electron chi connectivity index (χ2n) is 11.3. The van der Waals surface area contributed by atoms with Crippen LogP contribution >= 0.6 is 0 Å². The van der Waals surface area contributed by atoms with E-state index in [-0.39, 0.29) is 28.5 Å². The van der Waals surface area contributed by atoms with E-state index in [1.807, 2.05) is 37.3 Å². The van der Waals surface area contributed by atoms with Crippen LogP contribution < -0.4 is 15.5 Å². The Kier molecular flexibility index (Phi) is 4.31. The van der Waals surface area contributed by atoms with Gasteiger partial charge in [-0.3, -0.25) is 9.59 Å². The van der Waals surface area contributed by atoms with Gasteiger partial charge in [0.2, 0.25) is 5.43 Å². The molecule has 34 heavy (non-hydrogen) atoms. The van der Waals surface area contributed by atoms with Crippen molar-refractivity contribution in [2.45, 2.75) is 57.0 Å². The van der Waals surface area contributed by atoms with Gasteiger partial charge in [0.1, 0.15) is 17.9 Å². The second kappa shape index (κ2) is 7.21. The van der Waals surface area contributed by atoms with Crippen molar-refractivity contribution in [3.63, 3.8) is 0 Å². The second-order valence-corrected chi connectivity index (χ2v) is 11.3. The number of amides is 1. The molecule has 5 nitrogen and oxygen atoms in total. The van der Waals surface area contributed by atoms with Crippen molar-refractivity contribution in [2.24, 2.45) is 17.8 Å². The topological polar surface area (TPSA) is 60.3 Å². The Bertz CT molecular complexity index is 1340. The highest BCUT2D eigenvalue weighted by Gasteiger charge is 2.51. The molecule has 1 N–H and O–H groups in total. The van der Waals surface area contributed by atoms with Crippen molar-refractivity contribution in [1.29, 1.82) is 0 Å². The number of nitrogens with zero attached hydrogens (tertiary/aromatic N) is 1. The molecule has 1 aromatic heterocycles. The van der Waals surface area contributed by atoms with Crippen LogP contribution in [0.2, 0.25) is 0 Å². The van der Waals surface area contributed by atoms with Gasteiger partial charge in [0.25, 0.3) is 5.91 Å². The molecule has 174 valence electrons. The summed E-state index contributed by atoms with van der Waals surface area (Å²) < 4.78 is 8.23. The summed E-state index contributed by atoms with van der Waals surface area (Å²) in [4.78, 5) is 27.4. The highest BCUT2D eigenvalue weighted by molar-refractivity contribution is 5.99. The van der Waals surface area contributed by atoms with E-state index in [4.69, 9.17) is 4.74 Å². The van der Waals surface area contributed by atoms with Crippen LogP contribution in [0.5, 0.6) is 5.75 Å². The maximum Gasteiger partial charge on any atom is 0.257 e. The molecule has 1 aliphatic heterocycles. The molecule has 2 aromatic carbocycles. The van der Waals surface area contributed by atoms with E-state index in [1.165, 1.54) is 19.3 Å². The normalized spacial score (nSPS) is 30.9. The fourth-order valence-corrected chi connectivity index (χ4v) is 7.86. The molecule has 3 aromatic rings. The largest absolute Gasteiger partial charge is 0.489 e. The van der Waals surface area contributed by atoms with Crippen LogP contribution in [-0.2, 0) is 0 Å². The summed E-state index contributed by atoms with van der Waals surface area (Å²) in [5, 5.41) is 3.98. The number of hydrogen-bond acceptors (Lipinski definition) is 3. The molecular formula is C29H30N2O3. The molecule has 0 radical (unpaired) electrons. The van der Waals surface area contributed by atoms with Gasteiger partial charge in [0.15, 0.2) is 0 Å². The Morgan fingerprint density at radius 2 is 1.71 bits per heavy atom. The lowest BCUT2D eigenvalue weighted by molar-refractivity contribution is -0.0167. The first-order valence-electron chi connectivity index (χ1n) is 12.7. The van der Waals surface area contributed by atoms with Crippen LogP contribution in [0.4, 0.5) is 0 Å². The number of aromatic nitrogens is 1. The lowest BCUT2D eigenvalue weighted by atomic mass is 9.53. The van der Waals surface area contributed by atoms with Gasteiger partial charge < -0.3 is 14.6 Å². The van der Waals surface area contributed by atoms with Gasteiger partial charge in [-0.05, 0) is 86.5 Å². The van der Waals surface area contributed by atoms with Gasteiger partial charge >= 0.3 is 0 Å². The highest BCUT2D eigenvalue weighted by Crippen LogP contribution is 2.55. The zero-order valence-electron chi connectivity index (χ0n) is 19.5. The van der Waals surface area contributed by atoms with E-state index in [0.29, 0.717) is 17.7 Å². The molecule has 4 fully saturated rings. The van der Waals surface area contributed by atoms with Crippen molar-refractivity contribution in [3.05, 3.63) is 75.6 Å². The Morgan fingerprint density at radius 1 is 1.03 bits per heavy atom. The number of hydrogen-bond donors (Lipinski definition) is 1. The number of rotatable bonds is 3. The average molecular weight is 455 g/mol. The number of carbonyl (C=O) groups excluding carboxylic acids is 1. The van der Waals surface area contributed by atoms with Gasteiger partial charge in [-0.1, -0.05) is 30.3 Å². The van der Waals surface area contributed by atoms with Crippen LogP contribution in [-0.4, -0.2) is 22.6 Å². The predicted molar refractivity (Wildman–Crippen MR) is 131 cm³/mol. The minimum absolute atomic E-state index is 0.0920. The van der Waals surface area contributed by atoms with Crippen molar-refractivity contribution < 1.29 is 9.53 Å². The van der Waals surface area contributed by atoms with E-state index >= 15 is 0 Å². The molecule has 8 rings (SSSR count). The first-order valence-corrected chi connectivity index (χ1v) is 12.7. The Hall–Kier alpha value is -3.08. The molecule has 0 saturated heterocycles. The van der Waals surface area contributed by atoms with Gasteiger partial charge in [-0.25, -0.2) is 0 Å². The molecule has 5 aliphatic rings. The molecular weight excluding hydrogens is 424 g/mol. The first-order chi connectivity index (χ1) is 16.5. The molecule has 4 bridgehead atoms. The van der Waals surface area contributed by atoms with E-state index in [9.17, 15) is 9.59 Å². The Balaban J connectivity index is 1.34. The summed E-state index contributed by atoms with van der Waals surface area (Å²) in [5.74, 6) is 2.70. The van der Waals surface area contributed by atoms with Crippen LogP contribution in [0.15, 0.2) is 53.5 Å². The smallest absolute Gasteiger partial charge is 0.257 e. The lowest BCUT2D eigenvalue weighted by Gasteiger charge is -2.56. The van der Waals surface area contributed by atoms with Crippen molar-refractivity contribution in [3.8, 4) is 5.75 Å². The third-order valence-electron chi connectivity index (χ3n) is 8.81. The summed E-state index contributed by atoms with van der Waals surface area (Å²) in [6, 6.07) is 14.0. The van der Waals surface area contributed by atoms with Crippen molar-refractivity contribution in [1.82, 2.24) is 9.88 Å². The maximum absolute atomic E-state index is 13.7. The van der Waals surface area contributed by atoms with Crippen LogP contribution in [0.1, 0.15) is 66.1 Å². The molecule has 1 unspecified atom stereocenters. The van der Waals surface area contributed by atoms with E-state index in [1.54, 1.807) is 6.20 Å². The molecule has 4 saturated carbocycles. The minimum Gasteiger partial charge on any atom is -0.489 e. The van der Waals surface area contributed by atoms with Crippen molar-refractivity contribution in [2.75, 3.05) is 6.61 Å². The highest BCUT2D eigenvalue weighted by atomic mass is 16.5. The number of benzene rings is 2. The van der Waals surface area contributed by atoms with Gasteiger partial charge in [0.05, 0.1) is 16.9 Å². The predicted octanol–water partition coefficient (Wildman–Crippen LogP) is 4.99. The third kappa shape index (κ3) is 3.05. The van der Waals surface area contributed by atoms with Crippen LogP contribution in [0.25, 0.3) is 10.9 Å². The molecule has 0 spiro atoms. The monoisotopic (exact) mass is 454 g/mol. The molecule has 1 amide bonds. The zero-order valence-corrected chi connectivity index (χ0v) is 19.5. The zero-order chi connectivity index (χ0) is 23.0. The molecule has 4 aliphatic carbocycles. The number of aryl methyl sites for hydroxylation is 1. The summed E-state index contributed by atoms with van der Waals surface area (Å²) in [7, 11) is 0. The van der Waals surface area contributed by atoms with E-state index in [2.05, 4.69) is 22.0 Å². The summed E-state index contributed by atoms with van der Waals surface area (Å²) in [6.07, 6.45) is 8.94. The number of pyridine rings is 1. The first kappa shape index (κ1) is 20.3. The van der Waals surface area contributed by atoms with Gasteiger partial charge in [-0.2, -0.15) is 0 Å². The Labute approximate surface area is 199 Å². The maximum atomic E-state index is 13.7. The third-order valence-corrected chi connectivity index (χ3v) is 8.81. The summed E-state index contributed by atoms with van der Waals surface area (Å²) in [5.41, 5.74) is 2.77. The van der Waals surface area contributed by atoms with Crippen LogP contribution in [0, 0.1) is 24.7 Å². The summed E-state index contributed by atoms with van der Waals surface area (Å²) >= 11 is 0. The van der Waals surface area contributed by atoms with Crippen molar-refractivity contribution >= 4 is 16.8 Å². The minimum atomic E-state index is -0.209. The summed E-state index contributed by atoms with van der Waals surface area (Å²) in [6.45, 7) is 2.43. The van der Waals surface area contributed by atoms with Gasteiger partial charge in [-0.15, -0.1) is 0 Å².